The van der Waals surface area contributed by atoms with E-state index in [-0.39, 0.29) is 31.1 Å². The summed E-state index contributed by atoms with van der Waals surface area (Å²) in [5, 5.41) is 0. The average Bonchev–Trinajstić information content (AvgIpc) is 2.04. The molecule has 0 unspecified atom stereocenters. The van der Waals surface area contributed by atoms with E-state index >= 15 is 0 Å². The summed E-state index contributed by atoms with van der Waals surface area (Å²) in [5.74, 6) is -0.836. The lowest BCUT2D eigenvalue weighted by molar-refractivity contribution is -0.145. The normalized spacial score (nSPS) is 9.46. The number of hydrogen-bond donors (Lipinski definition) is 0. The van der Waals surface area contributed by atoms with Crippen molar-refractivity contribution in [3.8, 4) is 0 Å². The molecule has 4 nitrogen and oxygen atoms in total. The number of ether oxygens (including phenoxy) is 2. The first-order valence-electron chi connectivity index (χ1n) is 3.95. The molecule has 0 aromatic carbocycles. The molecule has 0 radical (unpaired) electrons. The third-order valence-electron chi connectivity index (χ3n) is 1.33. The Morgan fingerprint density at radius 2 is 1.62 bits per heavy atom. The van der Waals surface area contributed by atoms with Crippen molar-refractivity contribution >= 4 is 11.9 Å². The van der Waals surface area contributed by atoms with E-state index in [1.165, 1.54) is 13.8 Å². The Hall–Kier alpha value is -1.32. The molecule has 0 bridgehead atoms. The molecule has 0 atom stereocenters. The maximum atomic E-state index is 10.4. The van der Waals surface area contributed by atoms with E-state index in [2.05, 4.69) is 6.58 Å². The topological polar surface area (TPSA) is 52.6 Å². The Morgan fingerprint density at radius 1 is 1.23 bits per heavy atom. The number of hydrogen-bond acceptors (Lipinski definition) is 4. The molecule has 0 aromatic heterocycles. The maximum absolute atomic E-state index is 10.4. The molecule has 0 aliphatic heterocycles. The Balaban J connectivity index is 3.69. The lowest BCUT2D eigenvalue weighted by atomic mass is 10.2. The van der Waals surface area contributed by atoms with Gasteiger partial charge in [-0.15, -0.1) is 6.58 Å². The van der Waals surface area contributed by atoms with Crippen LogP contribution in [-0.4, -0.2) is 25.2 Å². The Bertz CT molecular complexity index is 180. The van der Waals surface area contributed by atoms with Crippen LogP contribution in [0.15, 0.2) is 12.7 Å². The highest BCUT2D eigenvalue weighted by atomic mass is 16.5. The number of carbonyl (C=O) groups excluding carboxylic acids is 2. The van der Waals surface area contributed by atoms with Crippen LogP contribution in [-0.2, 0) is 19.1 Å². The third-order valence-corrected chi connectivity index (χ3v) is 1.33. The molecule has 13 heavy (non-hydrogen) atoms. The molecule has 0 aliphatic carbocycles. The summed E-state index contributed by atoms with van der Waals surface area (Å²) in [6.07, 6.45) is 1.59. The van der Waals surface area contributed by atoms with Gasteiger partial charge < -0.3 is 9.47 Å². The quantitative estimate of drug-likeness (QED) is 0.473. The van der Waals surface area contributed by atoms with Gasteiger partial charge in [0.25, 0.3) is 0 Å². The molecule has 0 fully saturated rings. The van der Waals surface area contributed by atoms with Gasteiger partial charge in [-0.2, -0.15) is 0 Å². The molecule has 0 amide bonds. The molecule has 0 saturated carbocycles. The van der Waals surface area contributed by atoms with Crippen LogP contribution in [0.2, 0.25) is 0 Å². The van der Waals surface area contributed by atoms with Gasteiger partial charge in [0, 0.05) is 19.8 Å². The molecule has 0 aliphatic rings. The highest BCUT2D eigenvalue weighted by molar-refractivity contribution is 5.66. The summed E-state index contributed by atoms with van der Waals surface area (Å²) in [6.45, 7) is 6.59. The second-order valence-electron chi connectivity index (χ2n) is 2.60. The molecule has 4 heteroatoms. The number of esters is 2. The molecule has 0 spiro atoms. The first-order chi connectivity index (χ1) is 6.06. The van der Waals surface area contributed by atoms with Crippen LogP contribution in [0.1, 0.15) is 13.8 Å². The molecular weight excluding hydrogens is 172 g/mol. The fourth-order valence-electron chi connectivity index (χ4n) is 0.633. The van der Waals surface area contributed by atoms with E-state index < -0.39 is 0 Å². The fraction of sp³-hybridized carbons (Fsp3) is 0.556. The van der Waals surface area contributed by atoms with E-state index in [1.807, 2.05) is 0 Å². The van der Waals surface area contributed by atoms with Crippen molar-refractivity contribution in [3.63, 3.8) is 0 Å². The van der Waals surface area contributed by atoms with Gasteiger partial charge >= 0.3 is 11.9 Å². The predicted molar refractivity (Wildman–Crippen MR) is 47.0 cm³/mol. The third kappa shape index (κ3) is 7.05. The van der Waals surface area contributed by atoms with Crippen molar-refractivity contribution in [2.45, 2.75) is 13.8 Å². The van der Waals surface area contributed by atoms with Crippen molar-refractivity contribution in [1.29, 1.82) is 0 Å². The molecular formula is C9H14O4. The zero-order valence-corrected chi connectivity index (χ0v) is 7.91. The minimum absolute atomic E-state index is 0.132. The summed E-state index contributed by atoms with van der Waals surface area (Å²) in [6, 6.07) is 0. The van der Waals surface area contributed by atoms with Gasteiger partial charge in [-0.3, -0.25) is 9.59 Å². The first-order valence-corrected chi connectivity index (χ1v) is 3.95. The summed E-state index contributed by atoms with van der Waals surface area (Å²) >= 11 is 0. The van der Waals surface area contributed by atoms with Crippen molar-refractivity contribution < 1.29 is 19.1 Å². The fourth-order valence-corrected chi connectivity index (χ4v) is 0.633. The molecule has 0 rings (SSSR count). The highest BCUT2D eigenvalue weighted by Gasteiger charge is 2.07. The first kappa shape index (κ1) is 11.7. The van der Waals surface area contributed by atoms with Crippen LogP contribution in [0.5, 0.6) is 0 Å². The smallest absolute Gasteiger partial charge is 0.302 e. The van der Waals surface area contributed by atoms with Gasteiger partial charge in [-0.05, 0) is 0 Å². The zero-order valence-electron chi connectivity index (χ0n) is 7.91. The van der Waals surface area contributed by atoms with Crippen LogP contribution in [0, 0.1) is 5.92 Å². The molecule has 0 aromatic rings. The molecule has 74 valence electrons. The maximum Gasteiger partial charge on any atom is 0.302 e. The molecule has 0 heterocycles. The van der Waals surface area contributed by atoms with Crippen LogP contribution in [0.3, 0.4) is 0 Å². The van der Waals surface area contributed by atoms with Gasteiger partial charge in [0.15, 0.2) is 0 Å². The largest absolute Gasteiger partial charge is 0.465 e. The van der Waals surface area contributed by atoms with E-state index in [0.717, 1.165) is 0 Å². The highest BCUT2D eigenvalue weighted by Crippen LogP contribution is 2.00. The molecule has 0 saturated heterocycles. The number of carbonyl (C=O) groups is 2. The second kappa shape index (κ2) is 6.22. The van der Waals surface area contributed by atoms with E-state index in [9.17, 15) is 9.59 Å². The van der Waals surface area contributed by atoms with E-state index in [4.69, 9.17) is 9.47 Å². The second-order valence-corrected chi connectivity index (χ2v) is 2.60. The van der Waals surface area contributed by atoms with Gasteiger partial charge in [-0.1, -0.05) is 6.08 Å². The monoisotopic (exact) mass is 186 g/mol. The van der Waals surface area contributed by atoms with Crippen molar-refractivity contribution in [2.24, 2.45) is 5.92 Å². The summed E-state index contributed by atoms with van der Waals surface area (Å²) < 4.78 is 9.45. The molecule has 0 N–H and O–H groups in total. The van der Waals surface area contributed by atoms with Crippen molar-refractivity contribution in [3.05, 3.63) is 12.7 Å². The summed E-state index contributed by atoms with van der Waals surface area (Å²) in [4.78, 5) is 20.9. The van der Waals surface area contributed by atoms with E-state index in [1.54, 1.807) is 6.08 Å². The van der Waals surface area contributed by atoms with Crippen LogP contribution >= 0.6 is 0 Å². The van der Waals surface area contributed by atoms with Crippen LogP contribution in [0.25, 0.3) is 0 Å². The Morgan fingerprint density at radius 3 is 1.85 bits per heavy atom. The Kier molecular flexibility index (Phi) is 5.59. The number of rotatable bonds is 5. The van der Waals surface area contributed by atoms with Gasteiger partial charge in [0.1, 0.15) is 13.2 Å². The standard InChI is InChI=1S/C9H14O4/c1-4-9(5-12-7(2)10)6-13-8(3)11/h4,9H,1,5-6H2,2-3H3. The average molecular weight is 186 g/mol. The van der Waals surface area contributed by atoms with Crippen molar-refractivity contribution in [2.75, 3.05) is 13.2 Å². The van der Waals surface area contributed by atoms with Crippen LogP contribution < -0.4 is 0 Å². The van der Waals surface area contributed by atoms with Gasteiger partial charge in [0.05, 0.1) is 0 Å². The Labute approximate surface area is 77.5 Å². The summed E-state index contributed by atoms with van der Waals surface area (Å²) in [5.41, 5.74) is 0. The zero-order chi connectivity index (χ0) is 10.3. The van der Waals surface area contributed by atoms with Gasteiger partial charge in [0.2, 0.25) is 0 Å². The summed E-state index contributed by atoms with van der Waals surface area (Å²) in [7, 11) is 0. The van der Waals surface area contributed by atoms with Crippen LogP contribution in [0.4, 0.5) is 0 Å². The lowest BCUT2D eigenvalue weighted by Crippen LogP contribution is -2.17. The van der Waals surface area contributed by atoms with E-state index in [0.29, 0.717) is 0 Å². The van der Waals surface area contributed by atoms with Crippen molar-refractivity contribution in [1.82, 2.24) is 0 Å². The predicted octanol–water partition coefficient (Wildman–Crippen LogP) is 0.915. The minimum Gasteiger partial charge on any atom is -0.465 e. The minimum atomic E-state index is -0.352. The SMILES string of the molecule is C=CC(COC(C)=O)COC(C)=O. The lowest BCUT2D eigenvalue weighted by Gasteiger charge is -2.11. The van der Waals surface area contributed by atoms with Gasteiger partial charge in [-0.25, -0.2) is 0 Å².